The van der Waals surface area contributed by atoms with Crippen molar-refractivity contribution >= 4 is 17.4 Å². The van der Waals surface area contributed by atoms with Crippen molar-refractivity contribution < 1.29 is 17.9 Å². The minimum Gasteiger partial charge on any atom is -0.486 e. The van der Waals surface area contributed by atoms with E-state index in [-0.39, 0.29) is 11.1 Å². The fourth-order valence-electron chi connectivity index (χ4n) is 2.91. The summed E-state index contributed by atoms with van der Waals surface area (Å²) in [6.07, 6.45) is -0.422. The number of rotatable bonds is 3. The lowest BCUT2D eigenvalue weighted by molar-refractivity contribution is -0.140. The Morgan fingerprint density at radius 2 is 2.00 bits per heavy atom. The van der Waals surface area contributed by atoms with Gasteiger partial charge in [0.2, 0.25) is 5.28 Å². The molecule has 0 aliphatic carbocycles. The highest BCUT2D eigenvalue weighted by molar-refractivity contribution is 6.28. The molecular formula is C17H14ClF3N6O. The van der Waals surface area contributed by atoms with E-state index in [1.165, 1.54) is 17.8 Å². The topological polar surface area (TPSA) is 69.0 Å². The van der Waals surface area contributed by atoms with Gasteiger partial charge in [-0.05, 0) is 23.2 Å². The van der Waals surface area contributed by atoms with Crippen LogP contribution >= 0.6 is 11.6 Å². The molecule has 0 spiro atoms. The number of imidazole rings is 1. The molecule has 0 amide bonds. The van der Waals surface area contributed by atoms with Gasteiger partial charge in [-0.15, -0.1) is 0 Å². The number of aryl methyl sites for hydroxylation is 1. The average Bonchev–Trinajstić information content (AvgIpc) is 3.05. The van der Waals surface area contributed by atoms with E-state index < -0.39 is 11.9 Å². The highest BCUT2D eigenvalue weighted by Gasteiger charge is 2.34. The fraction of sp³-hybridized carbons (Fsp3) is 0.294. The molecule has 0 atom stereocenters. The third-order valence-electron chi connectivity index (χ3n) is 4.22. The molecule has 0 saturated carbocycles. The number of fused-ring (bicyclic) bond motifs is 1. The second-order valence-corrected chi connectivity index (χ2v) is 6.55. The van der Waals surface area contributed by atoms with E-state index in [4.69, 9.17) is 16.3 Å². The van der Waals surface area contributed by atoms with Crippen molar-refractivity contribution in [3.05, 3.63) is 47.3 Å². The first-order valence-corrected chi connectivity index (χ1v) is 8.65. The van der Waals surface area contributed by atoms with E-state index in [2.05, 4.69) is 19.9 Å². The zero-order valence-electron chi connectivity index (χ0n) is 14.6. The van der Waals surface area contributed by atoms with Gasteiger partial charge in [0, 0.05) is 26.0 Å². The molecule has 0 fully saturated rings. The van der Waals surface area contributed by atoms with E-state index >= 15 is 0 Å². The fourth-order valence-corrected chi connectivity index (χ4v) is 3.04. The van der Waals surface area contributed by atoms with Crippen LogP contribution in [-0.2, 0) is 19.8 Å². The maximum atomic E-state index is 12.8. The van der Waals surface area contributed by atoms with Gasteiger partial charge in [0.15, 0.2) is 23.1 Å². The molecule has 11 heteroatoms. The van der Waals surface area contributed by atoms with Gasteiger partial charge in [0.1, 0.15) is 12.3 Å². The molecule has 146 valence electrons. The van der Waals surface area contributed by atoms with Crippen LogP contribution in [0.3, 0.4) is 0 Å². The minimum atomic E-state index is -4.50. The zero-order chi connectivity index (χ0) is 19.9. The summed E-state index contributed by atoms with van der Waals surface area (Å²) in [5.74, 6) is 1.29. The van der Waals surface area contributed by atoms with Gasteiger partial charge in [0.25, 0.3) is 0 Å². The van der Waals surface area contributed by atoms with Gasteiger partial charge in [-0.2, -0.15) is 18.2 Å². The van der Waals surface area contributed by atoms with Gasteiger partial charge in [0.05, 0.1) is 12.7 Å². The van der Waals surface area contributed by atoms with Gasteiger partial charge in [-0.3, -0.25) is 4.98 Å². The number of halogens is 4. The molecular weight excluding hydrogens is 397 g/mol. The highest BCUT2D eigenvalue weighted by Crippen LogP contribution is 2.32. The van der Waals surface area contributed by atoms with Crippen LogP contribution in [0.5, 0.6) is 5.75 Å². The number of hydrogen-bond acceptors (Lipinski definition) is 6. The molecule has 0 N–H and O–H groups in total. The largest absolute Gasteiger partial charge is 0.486 e. The summed E-state index contributed by atoms with van der Waals surface area (Å²) >= 11 is 5.88. The Morgan fingerprint density at radius 1 is 1.18 bits per heavy atom. The Balaban J connectivity index is 1.56. The molecule has 28 heavy (non-hydrogen) atoms. The Morgan fingerprint density at radius 3 is 2.68 bits per heavy atom. The smallest absolute Gasteiger partial charge is 0.434 e. The minimum absolute atomic E-state index is 0.123. The number of nitrogens with zero attached hydrogens (tertiary/aromatic N) is 6. The van der Waals surface area contributed by atoms with Gasteiger partial charge < -0.3 is 14.2 Å². The predicted molar refractivity (Wildman–Crippen MR) is 95.0 cm³/mol. The lowest BCUT2D eigenvalue weighted by Crippen LogP contribution is -2.33. The summed E-state index contributed by atoms with van der Waals surface area (Å²) in [4.78, 5) is 18.0. The molecule has 1 aliphatic rings. The van der Waals surface area contributed by atoms with E-state index in [1.54, 1.807) is 18.3 Å². The van der Waals surface area contributed by atoms with Gasteiger partial charge in [-0.25, -0.2) is 9.97 Å². The molecule has 4 heterocycles. The van der Waals surface area contributed by atoms with E-state index in [0.717, 1.165) is 11.8 Å². The monoisotopic (exact) mass is 410 g/mol. The van der Waals surface area contributed by atoms with Crippen molar-refractivity contribution in [2.24, 2.45) is 7.05 Å². The Hall–Kier alpha value is -2.88. The molecule has 7 nitrogen and oxygen atoms in total. The summed E-state index contributed by atoms with van der Waals surface area (Å²) < 4.78 is 45.3. The molecule has 3 aromatic heterocycles. The van der Waals surface area contributed by atoms with Crippen LogP contribution in [0.2, 0.25) is 5.28 Å². The van der Waals surface area contributed by atoms with Crippen molar-refractivity contribution in [1.82, 2.24) is 24.5 Å². The second-order valence-electron chi connectivity index (χ2n) is 6.21. The number of pyridine rings is 1. The standard InChI is InChI=1S/C17H14ClF3N6O/c1-26-9-13(17(19,20)21)24-14(26)11-3-2-10(6-22-11)8-27-4-5-28-12-7-23-16(18)25-15(12)27/h2-3,6-7,9H,4-5,8H2,1H3. The number of anilines is 1. The van der Waals surface area contributed by atoms with Crippen LogP contribution in [0, 0.1) is 0 Å². The lowest BCUT2D eigenvalue weighted by Gasteiger charge is -2.29. The van der Waals surface area contributed by atoms with Crippen molar-refractivity contribution in [3.8, 4) is 17.3 Å². The zero-order valence-corrected chi connectivity index (χ0v) is 15.4. The molecule has 4 rings (SSSR count). The van der Waals surface area contributed by atoms with Crippen molar-refractivity contribution in [1.29, 1.82) is 0 Å². The Bertz CT molecular complexity index is 1010. The SMILES string of the molecule is Cn1cc(C(F)(F)F)nc1-c1ccc(CN2CCOc3cnc(Cl)nc32)cn1. The van der Waals surface area contributed by atoms with Crippen LogP contribution in [0.1, 0.15) is 11.3 Å². The van der Waals surface area contributed by atoms with Crippen LogP contribution < -0.4 is 9.64 Å². The molecule has 3 aromatic rings. The van der Waals surface area contributed by atoms with E-state index in [0.29, 0.717) is 37.0 Å². The molecule has 0 unspecified atom stereocenters. The predicted octanol–water partition coefficient (Wildman–Crippen LogP) is 3.34. The van der Waals surface area contributed by atoms with E-state index in [9.17, 15) is 13.2 Å². The number of hydrogen-bond donors (Lipinski definition) is 0. The summed E-state index contributed by atoms with van der Waals surface area (Å²) in [5, 5.41) is 0.123. The molecule has 0 aromatic carbocycles. The Labute approximate surface area is 162 Å². The summed E-state index contributed by atoms with van der Waals surface area (Å²) in [5.41, 5.74) is 0.267. The number of ether oxygens (including phenoxy) is 1. The van der Waals surface area contributed by atoms with E-state index in [1.807, 2.05) is 4.90 Å². The molecule has 1 aliphatic heterocycles. The second kappa shape index (κ2) is 6.93. The average molecular weight is 411 g/mol. The molecule has 0 bridgehead atoms. The maximum Gasteiger partial charge on any atom is 0.434 e. The first-order chi connectivity index (χ1) is 13.3. The molecule has 0 radical (unpaired) electrons. The van der Waals surface area contributed by atoms with Gasteiger partial charge >= 0.3 is 6.18 Å². The number of alkyl halides is 3. The summed E-state index contributed by atoms with van der Waals surface area (Å²) in [7, 11) is 1.50. The Kier molecular flexibility index (Phi) is 4.58. The third kappa shape index (κ3) is 3.59. The van der Waals surface area contributed by atoms with Crippen LogP contribution in [0.15, 0.2) is 30.7 Å². The van der Waals surface area contributed by atoms with Crippen molar-refractivity contribution in [2.75, 3.05) is 18.1 Å². The molecule has 0 saturated heterocycles. The van der Waals surface area contributed by atoms with Gasteiger partial charge in [-0.1, -0.05) is 6.07 Å². The first kappa shape index (κ1) is 18.5. The van der Waals surface area contributed by atoms with Crippen LogP contribution in [0.4, 0.5) is 19.0 Å². The van der Waals surface area contributed by atoms with Crippen LogP contribution in [-0.4, -0.2) is 37.7 Å². The van der Waals surface area contributed by atoms with Crippen molar-refractivity contribution in [2.45, 2.75) is 12.7 Å². The summed E-state index contributed by atoms with van der Waals surface area (Å²) in [6, 6.07) is 3.44. The highest BCUT2D eigenvalue weighted by atomic mass is 35.5. The quantitative estimate of drug-likeness (QED) is 0.617. The van der Waals surface area contributed by atoms with Crippen molar-refractivity contribution in [3.63, 3.8) is 0 Å². The van der Waals surface area contributed by atoms with Crippen LogP contribution in [0.25, 0.3) is 11.5 Å². The number of aromatic nitrogens is 5. The summed E-state index contributed by atoms with van der Waals surface area (Å²) in [6.45, 7) is 1.58. The maximum absolute atomic E-state index is 12.8. The third-order valence-corrected chi connectivity index (χ3v) is 4.40. The first-order valence-electron chi connectivity index (χ1n) is 8.27. The lowest BCUT2D eigenvalue weighted by atomic mass is 10.2. The normalized spacial score (nSPS) is 14.0.